The van der Waals surface area contributed by atoms with Gasteiger partial charge in [-0.25, -0.2) is 27.8 Å². The van der Waals surface area contributed by atoms with Crippen molar-refractivity contribution in [3.05, 3.63) is 87.2 Å². The van der Waals surface area contributed by atoms with Gasteiger partial charge in [0.2, 0.25) is 0 Å². The Morgan fingerprint density at radius 1 is 1.05 bits per heavy atom. The normalized spacial score (nSPS) is 11.5. The predicted octanol–water partition coefficient (Wildman–Crippen LogP) is 6.16. The molecule has 3 aromatic carbocycles. The molecule has 0 atom stereocenters. The fraction of sp³-hybridized carbons (Fsp3) is 0.233. The molecule has 5 aromatic rings. The van der Waals surface area contributed by atoms with E-state index < -0.39 is 9.84 Å². The Morgan fingerprint density at radius 2 is 1.91 bits per heavy atom. The molecular formula is C30H29BrFN5O4S2. The molecule has 5 rings (SSSR count). The number of methoxy groups -OCH3 is 1. The first-order valence-corrected chi connectivity index (χ1v) is 17.0. The van der Waals surface area contributed by atoms with Gasteiger partial charge in [-0.2, -0.15) is 0 Å². The van der Waals surface area contributed by atoms with E-state index in [9.17, 15) is 12.8 Å². The summed E-state index contributed by atoms with van der Waals surface area (Å²) in [5.74, 6) is 1.68. The fourth-order valence-corrected chi connectivity index (χ4v) is 6.11. The van der Waals surface area contributed by atoms with Crippen LogP contribution in [0.4, 0.5) is 15.9 Å². The number of thiazole rings is 1. The van der Waals surface area contributed by atoms with E-state index in [1.54, 1.807) is 13.2 Å². The monoisotopic (exact) mass is 685 g/mol. The Morgan fingerprint density at radius 3 is 2.67 bits per heavy atom. The van der Waals surface area contributed by atoms with Crippen LogP contribution in [0, 0.1) is 5.82 Å². The average Bonchev–Trinajstić information content (AvgIpc) is 3.44. The number of anilines is 2. The topological polar surface area (TPSA) is 115 Å². The molecule has 0 amide bonds. The van der Waals surface area contributed by atoms with Gasteiger partial charge in [0.05, 0.1) is 33.6 Å². The average molecular weight is 687 g/mol. The van der Waals surface area contributed by atoms with Crippen LogP contribution in [0.2, 0.25) is 0 Å². The van der Waals surface area contributed by atoms with Crippen molar-refractivity contribution >= 4 is 59.5 Å². The minimum atomic E-state index is -2.99. The van der Waals surface area contributed by atoms with Crippen LogP contribution in [0.1, 0.15) is 10.6 Å². The largest absolute Gasteiger partial charge is 0.496 e. The summed E-state index contributed by atoms with van der Waals surface area (Å²) in [7, 11) is -1.38. The number of ether oxygens (including phenoxy) is 2. The third kappa shape index (κ3) is 8.25. The highest BCUT2D eigenvalue weighted by Gasteiger charge is 2.15. The number of rotatable bonds is 13. The molecule has 0 spiro atoms. The van der Waals surface area contributed by atoms with E-state index in [1.165, 1.54) is 36.1 Å². The molecule has 0 fully saturated rings. The van der Waals surface area contributed by atoms with Gasteiger partial charge < -0.3 is 20.1 Å². The lowest BCUT2D eigenvalue weighted by atomic mass is 10.1. The van der Waals surface area contributed by atoms with Crippen molar-refractivity contribution in [2.24, 2.45) is 0 Å². The molecule has 43 heavy (non-hydrogen) atoms. The van der Waals surface area contributed by atoms with E-state index >= 15 is 0 Å². The summed E-state index contributed by atoms with van der Waals surface area (Å²) in [5, 5.41) is 10.2. The molecule has 0 radical (unpaired) electrons. The standard InChI is InChI=1S/C30H29BrFN5O4S2/c1-40-28-15-25-23(14-22(28)26-17-42-29(37-26)8-9-33-10-11-43(2,38)39)30(35-18-34-25)36-21-6-7-27(24(31)13-21)41-16-19-4-3-5-20(32)12-19/h3-7,12-15,17-18,33H,8-11,16H2,1-2H3,(H,34,35,36). The van der Waals surface area contributed by atoms with Gasteiger partial charge in [0.15, 0.2) is 0 Å². The molecule has 0 aliphatic rings. The molecule has 0 saturated carbocycles. The number of hydrogen-bond acceptors (Lipinski definition) is 10. The Bertz CT molecular complexity index is 1850. The number of sulfone groups is 1. The van der Waals surface area contributed by atoms with Gasteiger partial charge in [0.1, 0.15) is 45.9 Å². The maximum absolute atomic E-state index is 13.5. The van der Waals surface area contributed by atoms with Gasteiger partial charge in [-0.1, -0.05) is 12.1 Å². The molecule has 0 aliphatic carbocycles. The van der Waals surface area contributed by atoms with Gasteiger partial charge in [-0.3, -0.25) is 0 Å². The minimum absolute atomic E-state index is 0.105. The number of nitrogens with one attached hydrogen (secondary N) is 2. The molecule has 0 saturated heterocycles. The lowest BCUT2D eigenvalue weighted by Crippen LogP contribution is -2.24. The third-order valence-electron chi connectivity index (χ3n) is 6.43. The zero-order chi connectivity index (χ0) is 30.4. The summed E-state index contributed by atoms with van der Waals surface area (Å²) in [4.78, 5) is 13.7. The van der Waals surface area contributed by atoms with Crippen molar-refractivity contribution in [3.8, 4) is 22.8 Å². The summed E-state index contributed by atoms with van der Waals surface area (Å²) in [6.45, 7) is 1.28. The lowest BCUT2D eigenvalue weighted by molar-refractivity contribution is 0.303. The van der Waals surface area contributed by atoms with Gasteiger partial charge in [0, 0.05) is 53.8 Å². The lowest BCUT2D eigenvalue weighted by Gasteiger charge is -2.13. The highest BCUT2D eigenvalue weighted by molar-refractivity contribution is 9.10. The van der Waals surface area contributed by atoms with Crippen LogP contribution in [-0.4, -0.2) is 55.6 Å². The molecule has 224 valence electrons. The first kappa shape index (κ1) is 30.8. The molecule has 0 aliphatic heterocycles. The first-order valence-electron chi connectivity index (χ1n) is 13.3. The zero-order valence-corrected chi connectivity index (χ0v) is 26.7. The van der Waals surface area contributed by atoms with Crippen LogP contribution >= 0.6 is 27.3 Å². The molecule has 13 heteroatoms. The maximum Gasteiger partial charge on any atom is 0.148 e. The Balaban J connectivity index is 1.32. The Labute approximate surface area is 261 Å². The van der Waals surface area contributed by atoms with Crippen LogP contribution in [0.3, 0.4) is 0 Å². The summed E-state index contributed by atoms with van der Waals surface area (Å²) >= 11 is 5.11. The van der Waals surface area contributed by atoms with Crippen molar-refractivity contribution in [1.29, 1.82) is 0 Å². The van der Waals surface area contributed by atoms with E-state index in [2.05, 4.69) is 36.5 Å². The van der Waals surface area contributed by atoms with Crippen LogP contribution in [-0.2, 0) is 22.9 Å². The van der Waals surface area contributed by atoms with Crippen molar-refractivity contribution in [1.82, 2.24) is 20.3 Å². The number of benzene rings is 3. The van der Waals surface area contributed by atoms with Crippen molar-refractivity contribution in [2.75, 3.05) is 37.5 Å². The number of aromatic nitrogens is 3. The van der Waals surface area contributed by atoms with Crippen molar-refractivity contribution < 1.29 is 22.3 Å². The molecule has 9 nitrogen and oxygen atoms in total. The van der Waals surface area contributed by atoms with E-state index in [0.717, 1.165) is 37.4 Å². The smallest absolute Gasteiger partial charge is 0.148 e. The number of hydrogen-bond donors (Lipinski definition) is 2. The summed E-state index contributed by atoms with van der Waals surface area (Å²) in [6.07, 6.45) is 3.40. The Kier molecular flexibility index (Phi) is 9.86. The second-order valence-corrected chi connectivity index (χ2v) is 13.8. The number of halogens is 2. The molecule has 2 aromatic heterocycles. The van der Waals surface area contributed by atoms with Gasteiger partial charge >= 0.3 is 0 Å². The van der Waals surface area contributed by atoms with Crippen LogP contribution in [0.5, 0.6) is 11.5 Å². The van der Waals surface area contributed by atoms with Gasteiger partial charge in [-0.05, 0) is 57.9 Å². The molecule has 0 unspecified atom stereocenters. The molecule has 2 N–H and O–H groups in total. The Hall–Kier alpha value is -3.65. The van der Waals surface area contributed by atoms with Gasteiger partial charge in [0.25, 0.3) is 0 Å². The maximum atomic E-state index is 13.5. The first-order chi connectivity index (χ1) is 20.7. The summed E-state index contributed by atoms with van der Waals surface area (Å²) in [5.41, 5.74) is 3.80. The van der Waals surface area contributed by atoms with E-state index in [0.29, 0.717) is 42.3 Å². The number of nitrogens with zero attached hydrogens (tertiary/aromatic N) is 3. The highest BCUT2D eigenvalue weighted by atomic mass is 79.9. The minimum Gasteiger partial charge on any atom is -0.496 e. The fourth-order valence-electron chi connectivity index (χ4n) is 4.30. The quantitative estimate of drug-likeness (QED) is 0.141. The van der Waals surface area contributed by atoms with E-state index in [1.807, 2.05) is 41.8 Å². The van der Waals surface area contributed by atoms with Crippen LogP contribution in [0.25, 0.3) is 22.2 Å². The SMILES string of the molecule is COc1cc2ncnc(Nc3ccc(OCc4cccc(F)c4)c(Br)c3)c2cc1-c1csc(CCNCCS(C)(=O)=O)n1. The van der Waals surface area contributed by atoms with Crippen LogP contribution in [0.15, 0.2) is 70.8 Å². The zero-order valence-electron chi connectivity index (χ0n) is 23.4. The van der Waals surface area contributed by atoms with E-state index in [4.69, 9.17) is 14.5 Å². The molecular weight excluding hydrogens is 657 g/mol. The van der Waals surface area contributed by atoms with Gasteiger partial charge in [-0.15, -0.1) is 11.3 Å². The second kappa shape index (κ2) is 13.8. The highest BCUT2D eigenvalue weighted by Crippen LogP contribution is 2.37. The third-order valence-corrected chi connectivity index (χ3v) is 8.90. The second-order valence-electron chi connectivity index (χ2n) is 9.74. The summed E-state index contributed by atoms with van der Waals surface area (Å²) in [6, 6.07) is 15.7. The summed E-state index contributed by atoms with van der Waals surface area (Å²) < 4.78 is 48.4. The van der Waals surface area contributed by atoms with Crippen molar-refractivity contribution in [2.45, 2.75) is 13.0 Å². The van der Waals surface area contributed by atoms with Crippen molar-refractivity contribution in [3.63, 3.8) is 0 Å². The van der Waals surface area contributed by atoms with Crippen LogP contribution < -0.4 is 20.1 Å². The predicted molar refractivity (Wildman–Crippen MR) is 172 cm³/mol. The van der Waals surface area contributed by atoms with E-state index in [-0.39, 0.29) is 18.2 Å². The molecule has 2 heterocycles. The number of fused-ring (bicyclic) bond motifs is 1. The molecule has 0 bridgehead atoms.